The fraction of sp³-hybridized carbons (Fsp3) is 0. The molecule has 0 saturated carbocycles. The molecule has 5 heteroatoms. The smallest absolute Gasteiger partial charge is 0.145 e. The number of rotatable bonds is 4. The van der Waals surface area contributed by atoms with Gasteiger partial charge in [0.2, 0.25) is 0 Å². The highest BCUT2D eigenvalue weighted by Crippen LogP contribution is 2.23. The van der Waals surface area contributed by atoms with Crippen LogP contribution in [0, 0.1) is 22.7 Å². The van der Waals surface area contributed by atoms with Crippen molar-refractivity contribution >= 4 is 28.7 Å². The number of nitrogens with zero attached hydrogens (tertiary/aromatic N) is 3. The summed E-state index contributed by atoms with van der Waals surface area (Å²) in [6.45, 7) is 0. The minimum absolute atomic E-state index is 0.00421. The molecule has 3 rings (SSSR count). The molecule has 2 aromatic carbocycles. The summed E-state index contributed by atoms with van der Waals surface area (Å²) in [7, 11) is 0. The van der Waals surface area contributed by atoms with E-state index in [0.29, 0.717) is 11.2 Å². The molecule has 3 aromatic rings. The molecule has 0 aliphatic rings. The first-order valence-electron chi connectivity index (χ1n) is 7.84. The highest BCUT2D eigenvalue weighted by atomic mass is 16.3. The molecule has 0 spiro atoms. The number of nitrogens with one attached hydrogen (secondary N) is 1. The average Bonchev–Trinajstić information content (AvgIpc) is 2.68. The third kappa shape index (κ3) is 3.69. The Kier molecular flexibility index (Phi) is 4.93. The largest absolute Gasteiger partial charge is 0.506 e. The molecule has 0 unspecified atom stereocenters. The van der Waals surface area contributed by atoms with Crippen molar-refractivity contribution in [2.45, 2.75) is 0 Å². The monoisotopic (exact) mass is 338 g/mol. The molecule has 124 valence electrons. The number of fused-ring (bicyclic) bond motifs is 1. The Morgan fingerprint density at radius 3 is 2.58 bits per heavy atom. The van der Waals surface area contributed by atoms with Gasteiger partial charge in [0.05, 0.1) is 5.69 Å². The van der Waals surface area contributed by atoms with Gasteiger partial charge < -0.3 is 10.4 Å². The van der Waals surface area contributed by atoms with E-state index in [9.17, 15) is 5.11 Å². The van der Waals surface area contributed by atoms with E-state index in [1.165, 1.54) is 6.20 Å². The maximum Gasteiger partial charge on any atom is 0.145 e. The van der Waals surface area contributed by atoms with Gasteiger partial charge in [-0.3, -0.25) is 0 Å². The predicted octanol–water partition coefficient (Wildman–Crippen LogP) is 4.45. The van der Waals surface area contributed by atoms with Crippen molar-refractivity contribution in [3.05, 3.63) is 77.6 Å². The summed E-state index contributed by atoms with van der Waals surface area (Å²) in [5.41, 5.74) is 2.89. The Bertz CT molecular complexity index is 1080. The summed E-state index contributed by atoms with van der Waals surface area (Å²) in [5.74, 6) is 0.144. The number of benzene rings is 2. The van der Waals surface area contributed by atoms with Crippen LogP contribution in [0.3, 0.4) is 0 Å². The number of hydrogen-bond acceptors (Lipinski definition) is 5. The average molecular weight is 338 g/mol. The predicted molar refractivity (Wildman–Crippen MR) is 102 cm³/mol. The lowest BCUT2D eigenvalue weighted by atomic mass is 10.1. The van der Waals surface area contributed by atoms with Crippen molar-refractivity contribution in [3.63, 3.8) is 0 Å². The number of aromatic nitrogens is 1. The van der Waals surface area contributed by atoms with Gasteiger partial charge >= 0.3 is 0 Å². The molecule has 0 amide bonds. The second kappa shape index (κ2) is 7.65. The number of pyridine rings is 1. The SMILES string of the molecule is N#CC(C#N)=CNc1ccccc1C=Cc1ccc2cccc(O)c2n1. The van der Waals surface area contributed by atoms with Crippen molar-refractivity contribution in [1.82, 2.24) is 4.98 Å². The van der Waals surface area contributed by atoms with Gasteiger partial charge in [0.25, 0.3) is 0 Å². The first kappa shape index (κ1) is 16.8. The fourth-order valence-electron chi connectivity index (χ4n) is 2.43. The van der Waals surface area contributed by atoms with Crippen molar-refractivity contribution < 1.29 is 5.11 Å². The van der Waals surface area contributed by atoms with Gasteiger partial charge in [0, 0.05) is 17.3 Å². The Labute approximate surface area is 150 Å². The Hall–Kier alpha value is -4.09. The molecule has 0 atom stereocenters. The van der Waals surface area contributed by atoms with Crippen molar-refractivity contribution in [2.75, 3.05) is 5.32 Å². The van der Waals surface area contributed by atoms with Crippen molar-refractivity contribution in [1.29, 1.82) is 10.5 Å². The maximum atomic E-state index is 9.94. The van der Waals surface area contributed by atoms with E-state index >= 15 is 0 Å². The zero-order valence-corrected chi connectivity index (χ0v) is 13.7. The summed E-state index contributed by atoms with van der Waals surface area (Å²) in [6.07, 6.45) is 5.09. The van der Waals surface area contributed by atoms with Crippen LogP contribution < -0.4 is 5.32 Å². The van der Waals surface area contributed by atoms with Crippen LogP contribution in [0.25, 0.3) is 23.1 Å². The summed E-state index contributed by atoms with van der Waals surface area (Å²) >= 11 is 0. The Morgan fingerprint density at radius 1 is 0.962 bits per heavy atom. The second-order valence-corrected chi connectivity index (χ2v) is 5.43. The summed E-state index contributed by atoms with van der Waals surface area (Å²) in [6, 6.07) is 20.2. The van der Waals surface area contributed by atoms with Gasteiger partial charge in [-0.2, -0.15) is 10.5 Å². The number of aromatic hydroxyl groups is 1. The highest BCUT2D eigenvalue weighted by Gasteiger charge is 2.02. The first-order valence-corrected chi connectivity index (χ1v) is 7.84. The molecule has 5 nitrogen and oxygen atoms in total. The van der Waals surface area contributed by atoms with Crippen LogP contribution in [0.1, 0.15) is 11.3 Å². The summed E-state index contributed by atoms with van der Waals surface area (Å²) in [5, 5.41) is 31.4. The molecule has 0 saturated heterocycles. The van der Waals surface area contributed by atoms with Gasteiger partial charge in [-0.1, -0.05) is 42.5 Å². The molecular weight excluding hydrogens is 324 g/mol. The number of phenols is 1. The Balaban J connectivity index is 1.90. The molecule has 2 N–H and O–H groups in total. The second-order valence-electron chi connectivity index (χ2n) is 5.43. The van der Waals surface area contributed by atoms with E-state index < -0.39 is 0 Å². The standard InChI is InChI=1S/C21H14N4O/c22-12-15(13-23)14-24-19-6-2-1-4-16(19)8-10-18-11-9-17-5-3-7-20(26)21(17)25-18/h1-11,14,24,26H. The zero-order valence-electron chi connectivity index (χ0n) is 13.7. The molecule has 0 radical (unpaired) electrons. The van der Waals surface area contributed by atoms with Crippen molar-refractivity contribution in [3.8, 4) is 17.9 Å². The molecule has 0 aliphatic carbocycles. The van der Waals surface area contributed by atoms with E-state index in [0.717, 1.165) is 16.6 Å². The lowest BCUT2D eigenvalue weighted by Gasteiger charge is -2.05. The number of para-hydroxylation sites is 2. The van der Waals surface area contributed by atoms with Crippen LogP contribution in [-0.4, -0.2) is 10.1 Å². The molecule has 26 heavy (non-hydrogen) atoms. The maximum absolute atomic E-state index is 9.94. The fourth-order valence-corrected chi connectivity index (χ4v) is 2.43. The quantitative estimate of drug-likeness (QED) is 0.685. The minimum Gasteiger partial charge on any atom is -0.506 e. The number of anilines is 1. The topological polar surface area (TPSA) is 92.7 Å². The lowest BCUT2D eigenvalue weighted by Crippen LogP contribution is -1.92. The van der Waals surface area contributed by atoms with E-state index in [-0.39, 0.29) is 11.3 Å². The highest BCUT2D eigenvalue weighted by molar-refractivity contribution is 5.86. The lowest BCUT2D eigenvalue weighted by molar-refractivity contribution is 0.480. The van der Waals surface area contributed by atoms with Crippen molar-refractivity contribution in [2.24, 2.45) is 0 Å². The van der Waals surface area contributed by atoms with Crippen LogP contribution in [0.4, 0.5) is 5.69 Å². The number of hydrogen-bond donors (Lipinski definition) is 2. The third-order valence-corrected chi connectivity index (χ3v) is 3.73. The third-order valence-electron chi connectivity index (χ3n) is 3.73. The molecule has 0 fully saturated rings. The van der Waals surface area contributed by atoms with E-state index in [1.54, 1.807) is 12.1 Å². The van der Waals surface area contributed by atoms with Gasteiger partial charge in [-0.15, -0.1) is 0 Å². The first-order chi connectivity index (χ1) is 12.7. The summed E-state index contributed by atoms with van der Waals surface area (Å²) in [4.78, 5) is 4.46. The number of allylic oxidation sites excluding steroid dienone is 1. The molecule has 0 aliphatic heterocycles. The molecular formula is C21H14N4O. The van der Waals surface area contributed by atoms with Crippen LogP contribution >= 0.6 is 0 Å². The van der Waals surface area contributed by atoms with E-state index in [2.05, 4.69) is 10.3 Å². The molecule has 1 aromatic heterocycles. The van der Waals surface area contributed by atoms with Gasteiger partial charge in [0.15, 0.2) is 0 Å². The van der Waals surface area contributed by atoms with E-state index in [4.69, 9.17) is 10.5 Å². The van der Waals surface area contributed by atoms with Crippen LogP contribution in [0.15, 0.2) is 66.4 Å². The summed E-state index contributed by atoms with van der Waals surface area (Å²) < 4.78 is 0. The van der Waals surface area contributed by atoms with Crippen LogP contribution in [0.2, 0.25) is 0 Å². The molecule has 1 heterocycles. The van der Waals surface area contributed by atoms with Gasteiger partial charge in [-0.25, -0.2) is 4.98 Å². The van der Waals surface area contributed by atoms with Gasteiger partial charge in [-0.05, 0) is 29.8 Å². The Morgan fingerprint density at radius 2 is 1.77 bits per heavy atom. The minimum atomic E-state index is -0.00421. The zero-order chi connectivity index (χ0) is 18.4. The van der Waals surface area contributed by atoms with Gasteiger partial charge in [0.1, 0.15) is 29.0 Å². The van der Waals surface area contributed by atoms with Crippen LogP contribution in [0.5, 0.6) is 5.75 Å². The van der Waals surface area contributed by atoms with E-state index in [1.807, 2.05) is 66.8 Å². The molecule has 0 bridgehead atoms. The van der Waals surface area contributed by atoms with Crippen LogP contribution in [-0.2, 0) is 0 Å². The number of nitriles is 2. The normalized spacial score (nSPS) is 10.2. The number of phenolic OH excluding ortho intramolecular Hbond substituents is 1.